The van der Waals surface area contributed by atoms with Crippen molar-refractivity contribution in [1.82, 2.24) is 5.32 Å². The van der Waals surface area contributed by atoms with E-state index in [-0.39, 0.29) is 24.9 Å². The first-order valence-corrected chi connectivity index (χ1v) is 9.39. The third-order valence-corrected chi connectivity index (χ3v) is 4.00. The molecule has 2 rings (SSSR count). The normalized spacial score (nSPS) is 11.4. The molecule has 6 nitrogen and oxygen atoms in total. The van der Waals surface area contributed by atoms with Gasteiger partial charge in [0.05, 0.1) is 25.7 Å². The molecule has 150 valence electrons. The molecule has 0 unspecified atom stereocenters. The van der Waals surface area contributed by atoms with Crippen LogP contribution in [0, 0.1) is 6.92 Å². The second kappa shape index (κ2) is 11.0. The van der Waals surface area contributed by atoms with Crippen molar-refractivity contribution in [1.29, 1.82) is 0 Å². The van der Waals surface area contributed by atoms with Gasteiger partial charge in [-0.3, -0.25) is 9.59 Å². The van der Waals surface area contributed by atoms with Crippen molar-refractivity contribution in [3.8, 4) is 11.5 Å². The van der Waals surface area contributed by atoms with Crippen LogP contribution in [0.1, 0.15) is 37.4 Å². The summed E-state index contributed by atoms with van der Waals surface area (Å²) in [4.78, 5) is 24.3. The van der Waals surface area contributed by atoms with Crippen molar-refractivity contribution in [3.05, 3.63) is 59.7 Å². The highest BCUT2D eigenvalue weighted by molar-refractivity contribution is 5.79. The monoisotopic (exact) mass is 385 g/mol. The van der Waals surface area contributed by atoms with Gasteiger partial charge in [-0.25, -0.2) is 0 Å². The molecule has 0 spiro atoms. The predicted molar refractivity (Wildman–Crippen MR) is 106 cm³/mol. The second-order valence-corrected chi connectivity index (χ2v) is 6.23. The summed E-state index contributed by atoms with van der Waals surface area (Å²) < 4.78 is 16.0. The van der Waals surface area contributed by atoms with Crippen LogP contribution < -0.4 is 14.8 Å². The van der Waals surface area contributed by atoms with Gasteiger partial charge >= 0.3 is 5.97 Å². The highest BCUT2D eigenvalue weighted by Gasteiger charge is 2.19. The lowest BCUT2D eigenvalue weighted by Crippen LogP contribution is -2.34. The molecule has 6 heteroatoms. The smallest absolute Gasteiger partial charge is 0.308 e. The van der Waals surface area contributed by atoms with Crippen LogP contribution in [0.5, 0.6) is 11.5 Å². The molecule has 0 aromatic heterocycles. The van der Waals surface area contributed by atoms with Gasteiger partial charge in [-0.2, -0.15) is 0 Å². The second-order valence-electron chi connectivity index (χ2n) is 6.23. The average Bonchev–Trinajstić information content (AvgIpc) is 2.68. The van der Waals surface area contributed by atoms with Crippen LogP contribution in [0.2, 0.25) is 0 Å². The van der Waals surface area contributed by atoms with Gasteiger partial charge in [0.25, 0.3) is 5.91 Å². The quantitative estimate of drug-likeness (QED) is 0.633. The third-order valence-electron chi connectivity index (χ3n) is 4.00. The number of hydrogen-bond acceptors (Lipinski definition) is 5. The molecule has 1 atom stereocenters. The number of esters is 1. The maximum absolute atomic E-state index is 12.4. The zero-order valence-corrected chi connectivity index (χ0v) is 16.6. The Balaban J connectivity index is 2.02. The van der Waals surface area contributed by atoms with Crippen molar-refractivity contribution in [3.63, 3.8) is 0 Å². The summed E-state index contributed by atoms with van der Waals surface area (Å²) in [6.07, 6.45) is 0.0398. The summed E-state index contributed by atoms with van der Waals surface area (Å²) in [5.41, 5.74) is 1.90. The van der Waals surface area contributed by atoms with Crippen molar-refractivity contribution >= 4 is 11.9 Å². The molecule has 1 amide bonds. The van der Waals surface area contributed by atoms with E-state index in [1.165, 1.54) is 0 Å². The third kappa shape index (κ3) is 6.95. The lowest BCUT2D eigenvalue weighted by molar-refractivity contribution is -0.143. The largest absolute Gasteiger partial charge is 0.494 e. The fourth-order valence-corrected chi connectivity index (χ4v) is 2.62. The Morgan fingerprint density at radius 2 is 1.50 bits per heavy atom. The summed E-state index contributed by atoms with van der Waals surface area (Å²) in [5, 5.41) is 2.85. The predicted octanol–water partition coefficient (Wildman–Crippen LogP) is 3.58. The van der Waals surface area contributed by atoms with Crippen LogP contribution in [0.15, 0.2) is 48.5 Å². The molecule has 0 saturated carbocycles. The molecule has 0 heterocycles. The highest BCUT2D eigenvalue weighted by atomic mass is 16.5. The van der Waals surface area contributed by atoms with E-state index in [2.05, 4.69) is 5.32 Å². The van der Waals surface area contributed by atoms with Crippen molar-refractivity contribution in [2.24, 2.45) is 0 Å². The topological polar surface area (TPSA) is 73.9 Å². The van der Waals surface area contributed by atoms with E-state index in [0.717, 1.165) is 16.9 Å². The minimum absolute atomic E-state index is 0.0398. The van der Waals surface area contributed by atoms with E-state index in [4.69, 9.17) is 14.2 Å². The number of benzene rings is 2. The fourth-order valence-electron chi connectivity index (χ4n) is 2.62. The standard InChI is InChI=1S/C22H27NO5/c1-4-26-18-12-8-17(9-13-18)20(14-22(25)27-5-2)23-21(24)15-28-19-10-6-16(3)7-11-19/h6-13,20H,4-5,14-15H2,1-3H3,(H,23,24)/t20-/m0/s1. The molecule has 0 fully saturated rings. The van der Waals surface area contributed by atoms with Crippen LogP contribution in [0.3, 0.4) is 0 Å². The molecule has 28 heavy (non-hydrogen) atoms. The molecule has 1 N–H and O–H groups in total. The van der Waals surface area contributed by atoms with Gasteiger partial charge in [0.2, 0.25) is 0 Å². The molecule has 0 bridgehead atoms. The van der Waals surface area contributed by atoms with Crippen LogP contribution in [0.25, 0.3) is 0 Å². The lowest BCUT2D eigenvalue weighted by atomic mass is 10.0. The fraction of sp³-hybridized carbons (Fsp3) is 0.364. The summed E-state index contributed by atoms with van der Waals surface area (Å²) in [5.74, 6) is 0.656. The molecule has 2 aromatic carbocycles. The zero-order chi connectivity index (χ0) is 20.4. The molecule has 0 aliphatic carbocycles. The molecule has 0 aliphatic heterocycles. The molecule has 2 aromatic rings. The van der Waals surface area contributed by atoms with Gasteiger partial charge in [-0.1, -0.05) is 29.8 Å². The number of aryl methyl sites for hydroxylation is 1. The summed E-state index contributed by atoms with van der Waals surface area (Å²) in [6, 6.07) is 14.2. The van der Waals surface area contributed by atoms with Gasteiger partial charge in [-0.05, 0) is 50.6 Å². The Morgan fingerprint density at radius 3 is 2.11 bits per heavy atom. The number of nitrogens with one attached hydrogen (secondary N) is 1. The van der Waals surface area contributed by atoms with Gasteiger partial charge in [0.1, 0.15) is 11.5 Å². The molecular weight excluding hydrogens is 358 g/mol. The maximum Gasteiger partial charge on any atom is 0.308 e. The van der Waals surface area contributed by atoms with Gasteiger partial charge < -0.3 is 19.5 Å². The van der Waals surface area contributed by atoms with Crippen molar-refractivity contribution < 1.29 is 23.8 Å². The van der Waals surface area contributed by atoms with Gasteiger partial charge in [0.15, 0.2) is 6.61 Å². The average molecular weight is 385 g/mol. The van der Waals surface area contributed by atoms with E-state index < -0.39 is 6.04 Å². The molecule has 0 saturated heterocycles. The molecule has 0 aliphatic rings. The number of amides is 1. The number of hydrogen-bond donors (Lipinski definition) is 1. The summed E-state index contributed by atoms with van der Waals surface area (Å²) in [6.45, 7) is 6.36. The number of carbonyl (C=O) groups excluding carboxylic acids is 2. The number of ether oxygens (including phenoxy) is 3. The summed E-state index contributed by atoms with van der Waals surface area (Å²) in [7, 11) is 0. The Bertz CT molecular complexity index is 756. The maximum atomic E-state index is 12.4. The van der Waals surface area contributed by atoms with Crippen molar-refractivity contribution in [2.75, 3.05) is 19.8 Å². The number of carbonyl (C=O) groups is 2. The number of rotatable bonds is 10. The Kier molecular flexibility index (Phi) is 8.34. The van der Waals surface area contributed by atoms with Gasteiger partial charge in [-0.15, -0.1) is 0 Å². The van der Waals surface area contributed by atoms with E-state index in [0.29, 0.717) is 19.0 Å². The Morgan fingerprint density at radius 1 is 0.893 bits per heavy atom. The minimum atomic E-state index is -0.510. The van der Waals surface area contributed by atoms with E-state index in [9.17, 15) is 9.59 Å². The first-order chi connectivity index (χ1) is 13.5. The highest BCUT2D eigenvalue weighted by Crippen LogP contribution is 2.21. The zero-order valence-electron chi connectivity index (χ0n) is 16.6. The molecule has 0 radical (unpaired) electrons. The van der Waals surface area contributed by atoms with Crippen LogP contribution in [0.4, 0.5) is 0 Å². The first-order valence-electron chi connectivity index (χ1n) is 9.39. The van der Waals surface area contributed by atoms with E-state index in [1.54, 1.807) is 6.92 Å². The van der Waals surface area contributed by atoms with Crippen molar-refractivity contribution in [2.45, 2.75) is 33.2 Å². The van der Waals surface area contributed by atoms with Gasteiger partial charge in [0, 0.05) is 0 Å². The van der Waals surface area contributed by atoms with E-state index in [1.807, 2.05) is 62.4 Å². The van der Waals surface area contributed by atoms with Crippen LogP contribution >= 0.6 is 0 Å². The van der Waals surface area contributed by atoms with Crippen LogP contribution in [-0.2, 0) is 14.3 Å². The molecular formula is C22H27NO5. The lowest BCUT2D eigenvalue weighted by Gasteiger charge is -2.19. The SMILES string of the molecule is CCOC(=O)C[C@H](NC(=O)COc1ccc(C)cc1)c1ccc(OCC)cc1. The minimum Gasteiger partial charge on any atom is -0.494 e. The Hall–Kier alpha value is -3.02. The Labute approximate surface area is 165 Å². The summed E-state index contributed by atoms with van der Waals surface area (Å²) >= 11 is 0. The van der Waals surface area contributed by atoms with Crippen LogP contribution in [-0.4, -0.2) is 31.7 Å². The first kappa shape index (κ1) is 21.3. The van der Waals surface area contributed by atoms with E-state index >= 15 is 0 Å².